The van der Waals surface area contributed by atoms with Crippen molar-refractivity contribution in [1.82, 2.24) is 9.88 Å². The Balaban J connectivity index is 0.00000400. The lowest BCUT2D eigenvalue weighted by atomic mass is 10.2. The number of carbonyl (C=O) groups is 1. The summed E-state index contributed by atoms with van der Waals surface area (Å²) in [7, 11) is -2.24. The third-order valence-corrected chi connectivity index (χ3v) is 9.26. The maximum absolute atomic E-state index is 13.7. The summed E-state index contributed by atoms with van der Waals surface area (Å²) in [5.74, 6) is -0.205. The van der Waals surface area contributed by atoms with E-state index in [1.807, 2.05) is 25.1 Å². The predicted octanol–water partition coefficient (Wildman–Crippen LogP) is 5.84. The minimum Gasteiger partial charge on any atom is -0.302 e. The van der Waals surface area contributed by atoms with Gasteiger partial charge in [-0.1, -0.05) is 49.4 Å². The molecular weight excluding hydrogens is 540 g/mol. The molecule has 7 nitrogen and oxygen atoms in total. The fraction of sp³-hybridized carbons (Fsp3) is 0.286. The fourth-order valence-electron chi connectivity index (χ4n) is 4.06. The number of fused-ring (bicyclic) bond motifs is 1. The molecule has 38 heavy (non-hydrogen) atoms. The minimum atomic E-state index is -3.77. The molecule has 0 radical (unpaired) electrons. The first-order chi connectivity index (χ1) is 17.7. The van der Waals surface area contributed by atoms with E-state index in [1.54, 1.807) is 41.3 Å². The topological polar surface area (TPSA) is 73.8 Å². The third kappa shape index (κ3) is 6.35. The second kappa shape index (κ2) is 12.7. The number of likely N-dealkylation sites (N-methyl/N-ethyl adjacent to an activating group) is 1. The monoisotopic (exact) mass is 572 g/mol. The van der Waals surface area contributed by atoms with E-state index >= 15 is 0 Å². The van der Waals surface area contributed by atoms with Crippen molar-refractivity contribution in [2.45, 2.75) is 25.7 Å². The SMILES string of the molecule is CCN(CC)CCN(C(=O)c1ccc(S(=O)(=O)N(C)c2ccccc2)cc1)c1nc2ccc(C)cc2s1.Cl. The number of hydrogen-bond donors (Lipinski definition) is 0. The number of thiazole rings is 1. The Labute approximate surface area is 235 Å². The van der Waals surface area contributed by atoms with Crippen molar-refractivity contribution in [2.75, 3.05) is 42.4 Å². The van der Waals surface area contributed by atoms with Crippen molar-refractivity contribution in [3.8, 4) is 0 Å². The Kier molecular flexibility index (Phi) is 9.89. The maximum Gasteiger partial charge on any atom is 0.264 e. The molecule has 0 spiro atoms. The molecule has 1 aromatic heterocycles. The van der Waals surface area contributed by atoms with Crippen LogP contribution in [0, 0.1) is 6.92 Å². The van der Waals surface area contributed by atoms with Crippen LogP contribution in [0.1, 0.15) is 29.8 Å². The smallest absolute Gasteiger partial charge is 0.264 e. The summed E-state index contributed by atoms with van der Waals surface area (Å²) in [5, 5.41) is 0.637. The molecule has 4 rings (SSSR count). The van der Waals surface area contributed by atoms with E-state index < -0.39 is 10.0 Å². The molecule has 1 amide bonds. The lowest BCUT2D eigenvalue weighted by molar-refractivity contribution is 0.0983. The second-order valence-corrected chi connectivity index (χ2v) is 11.8. The van der Waals surface area contributed by atoms with Gasteiger partial charge >= 0.3 is 0 Å². The molecule has 0 aliphatic heterocycles. The summed E-state index contributed by atoms with van der Waals surface area (Å²) in [5.41, 5.74) is 2.98. The highest BCUT2D eigenvalue weighted by Gasteiger charge is 2.25. The van der Waals surface area contributed by atoms with Gasteiger partial charge in [-0.15, -0.1) is 12.4 Å². The summed E-state index contributed by atoms with van der Waals surface area (Å²) < 4.78 is 28.6. The molecule has 0 bridgehead atoms. The summed E-state index contributed by atoms with van der Waals surface area (Å²) >= 11 is 1.49. The van der Waals surface area contributed by atoms with Crippen LogP contribution in [0.25, 0.3) is 10.2 Å². The Morgan fingerprint density at radius 1 is 0.921 bits per heavy atom. The van der Waals surface area contributed by atoms with E-state index in [0.717, 1.165) is 28.9 Å². The Morgan fingerprint density at radius 2 is 1.58 bits per heavy atom. The van der Waals surface area contributed by atoms with Gasteiger partial charge in [0.15, 0.2) is 5.13 Å². The zero-order chi connectivity index (χ0) is 26.6. The normalized spacial score (nSPS) is 11.4. The van der Waals surface area contributed by atoms with Crippen LogP contribution in [0.5, 0.6) is 0 Å². The molecule has 0 aliphatic rings. The van der Waals surface area contributed by atoms with Gasteiger partial charge in [0.2, 0.25) is 0 Å². The van der Waals surface area contributed by atoms with Crippen molar-refractivity contribution in [2.24, 2.45) is 0 Å². The summed E-state index contributed by atoms with van der Waals surface area (Å²) in [6.07, 6.45) is 0. The number of sulfonamides is 1. The standard InChI is InChI=1S/C28H32N4O3S2.ClH/c1-5-31(6-2)18-19-32(28-29-25-17-12-21(3)20-26(25)36-28)27(33)22-13-15-24(16-14-22)37(34,35)30(4)23-10-8-7-9-11-23;/h7-17,20H,5-6,18-19H2,1-4H3;1H. The van der Waals surface area contributed by atoms with Crippen molar-refractivity contribution in [3.05, 3.63) is 83.9 Å². The predicted molar refractivity (Wildman–Crippen MR) is 160 cm³/mol. The summed E-state index contributed by atoms with van der Waals surface area (Å²) in [6.45, 7) is 9.20. The molecule has 202 valence electrons. The number of amides is 1. The number of aryl methyl sites for hydroxylation is 1. The molecule has 0 atom stereocenters. The van der Waals surface area contributed by atoms with Crippen molar-refractivity contribution in [3.63, 3.8) is 0 Å². The largest absolute Gasteiger partial charge is 0.302 e. The highest BCUT2D eigenvalue weighted by molar-refractivity contribution is 7.92. The van der Waals surface area contributed by atoms with Gasteiger partial charge in [0.05, 0.1) is 20.8 Å². The van der Waals surface area contributed by atoms with E-state index in [9.17, 15) is 13.2 Å². The van der Waals surface area contributed by atoms with Crippen LogP contribution < -0.4 is 9.21 Å². The second-order valence-electron chi connectivity index (χ2n) is 8.78. The van der Waals surface area contributed by atoms with Crippen LogP contribution in [-0.2, 0) is 10.0 Å². The molecule has 4 aromatic rings. The number of benzene rings is 3. The fourth-order valence-corrected chi connectivity index (χ4v) is 6.34. The van der Waals surface area contributed by atoms with Gasteiger partial charge < -0.3 is 4.90 Å². The summed E-state index contributed by atoms with van der Waals surface area (Å²) in [4.78, 5) is 22.5. The Morgan fingerprint density at radius 3 is 2.21 bits per heavy atom. The van der Waals surface area contributed by atoms with E-state index in [0.29, 0.717) is 29.5 Å². The molecule has 1 heterocycles. The zero-order valence-electron chi connectivity index (χ0n) is 22.0. The van der Waals surface area contributed by atoms with Gasteiger partial charge in [0.25, 0.3) is 15.9 Å². The number of para-hydroxylation sites is 1. The van der Waals surface area contributed by atoms with Crippen LogP contribution in [0.3, 0.4) is 0 Å². The van der Waals surface area contributed by atoms with Crippen LogP contribution in [0.2, 0.25) is 0 Å². The number of anilines is 2. The molecule has 10 heteroatoms. The molecule has 0 aliphatic carbocycles. The zero-order valence-corrected chi connectivity index (χ0v) is 24.4. The van der Waals surface area contributed by atoms with Gasteiger partial charge in [-0.05, 0) is 74.1 Å². The average molecular weight is 573 g/mol. The van der Waals surface area contributed by atoms with E-state index in [2.05, 4.69) is 24.8 Å². The van der Waals surface area contributed by atoms with Crippen LogP contribution >= 0.6 is 23.7 Å². The average Bonchev–Trinajstić information content (AvgIpc) is 3.33. The lowest BCUT2D eigenvalue weighted by Gasteiger charge is -2.25. The number of nitrogens with zero attached hydrogens (tertiary/aromatic N) is 4. The highest BCUT2D eigenvalue weighted by Crippen LogP contribution is 2.31. The number of hydrogen-bond acceptors (Lipinski definition) is 6. The molecule has 0 unspecified atom stereocenters. The highest BCUT2D eigenvalue weighted by atomic mass is 35.5. The first-order valence-corrected chi connectivity index (χ1v) is 14.6. The molecular formula is C28H33ClN4O3S2. The number of aromatic nitrogens is 1. The van der Waals surface area contributed by atoms with Gasteiger partial charge in [-0.2, -0.15) is 0 Å². The quantitative estimate of drug-likeness (QED) is 0.239. The van der Waals surface area contributed by atoms with Gasteiger partial charge in [0.1, 0.15) is 0 Å². The maximum atomic E-state index is 13.7. The molecule has 0 N–H and O–H groups in total. The summed E-state index contributed by atoms with van der Waals surface area (Å²) in [6, 6.07) is 21.1. The van der Waals surface area contributed by atoms with Gasteiger partial charge in [-0.3, -0.25) is 14.0 Å². The van der Waals surface area contributed by atoms with Crippen molar-refractivity contribution >= 4 is 60.7 Å². The number of rotatable bonds is 10. The van der Waals surface area contributed by atoms with Crippen molar-refractivity contribution in [1.29, 1.82) is 0 Å². The van der Waals surface area contributed by atoms with E-state index in [4.69, 9.17) is 4.98 Å². The molecule has 0 saturated carbocycles. The van der Waals surface area contributed by atoms with Crippen LogP contribution in [0.15, 0.2) is 77.7 Å². The van der Waals surface area contributed by atoms with Crippen molar-refractivity contribution < 1.29 is 13.2 Å². The Hall–Kier alpha value is -2.98. The first kappa shape index (κ1) is 29.6. The van der Waals surface area contributed by atoms with Gasteiger partial charge in [0, 0.05) is 25.7 Å². The molecule has 3 aromatic carbocycles. The van der Waals surface area contributed by atoms with E-state index in [-0.39, 0.29) is 23.2 Å². The van der Waals surface area contributed by atoms with Crippen LogP contribution in [0.4, 0.5) is 10.8 Å². The number of carbonyl (C=O) groups excluding carboxylic acids is 1. The lowest BCUT2D eigenvalue weighted by Crippen LogP contribution is -2.38. The Bertz CT molecular complexity index is 1470. The third-order valence-electron chi connectivity index (χ3n) is 6.42. The minimum absolute atomic E-state index is 0. The molecule has 0 fully saturated rings. The van der Waals surface area contributed by atoms with Gasteiger partial charge in [-0.25, -0.2) is 13.4 Å². The first-order valence-electron chi connectivity index (χ1n) is 12.3. The molecule has 0 saturated heterocycles. The van der Waals surface area contributed by atoms with E-state index in [1.165, 1.54) is 34.8 Å². The number of halogens is 1. The van der Waals surface area contributed by atoms with Crippen LogP contribution in [-0.4, -0.2) is 57.4 Å².